The van der Waals surface area contributed by atoms with Gasteiger partial charge in [0.05, 0.1) is 21.7 Å². The van der Waals surface area contributed by atoms with Crippen molar-refractivity contribution in [2.24, 2.45) is 5.73 Å². The number of sulfonamides is 1. The van der Waals surface area contributed by atoms with E-state index in [9.17, 15) is 22.0 Å². The number of hydrogen-bond acceptors (Lipinski definition) is 6. The van der Waals surface area contributed by atoms with E-state index in [0.717, 1.165) is 27.6 Å². The number of benzene rings is 2. The summed E-state index contributed by atoms with van der Waals surface area (Å²) in [6, 6.07) is 11.6. The summed E-state index contributed by atoms with van der Waals surface area (Å²) in [5, 5.41) is 4.06. The first-order valence-electron chi connectivity index (χ1n) is 12.5. The molecule has 1 saturated heterocycles. The van der Waals surface area contributed by atoms with E-state index in [2.05, 4.69) is 10.3 Å². The van der Waals surface area contributed by atoms with Crippen LogP contribution in [0.2, 0.25) is 0 Å². The summed E-state index contributed by atoms with van der Waals surface area (Å²) in [6.45, 7) is 3.02. The molecule has 2 heterocycles. The number of carbonyl (C=O) groups is 1. The molecular formula is C26H31N4O5S2-. The highest BCUT2D eigenvalue weighted by molar-refractivity contribution is 7.89. The van der Waals surface area contributed by atoms with Gasteiger partial charge in [-0.1, -0.05) is 18.2 Å². The number of nitrogens with one attached hydrogen (secondary N) is 2. The molecule has 3 aromatic rings. The monoisotopic (exact) mass is 543 g/mol. The minimum Gasteiger partial charge on any atom is -0.771 e. The normalized spacial score (nSPS) is 19.2. The van der Waals surface area contributed by atoms with Crippen LogP contribution in [0, 0.1) is 0 Å². The molecule has 1 aromatic heterocycles. The van der Waals surface area contributed by atoms with Crippen molar-refractivity contribution in [3.05, 3.63) is 59.3 Å². The van der Waals surface area contributed by atoms with Crippen LogP contribution >= 0.6 is 0 Å². The molecule has 0 spiro atoms. The summed E-state index contributed by atoms with van der Waals surface area (Å²) in [5.74, 6) is -0.276. The van der Waals surface area contributed by atoms with Crippen LogP contribution in [-0.2, 0) is 27.6 Å². The molecule has 11 heteroatoms. The summed E-state index contributed by atoms with van der Waals surface area (Å²) in [5.41, 5.74) is 10.6. The molecule has 1 amide bonds. The zero-order chi connectivity index (χ0) is 26.4. The zero-order valence-electron chi connectivity index (χ0n) is 20.7. The number of nitrogens with zero attached hydrogens (tertiary/aromatic N) is 1. The number of rotatable bonds is 9. The molecule has 0 radical (unpaired) electrons. The standard InChI is InChI=1S/C26H32N4O5S2/c1-2-37(34,35)30-10-6-18(7-11-30)23-16-28-24-21(23)13-20(14-22(24)25(27)31)19-5-3-4-17(12-19)15-29-26(8-9-26)36(32)33/h3-5,12-14,16,18,28-29H,2,6-11,15H2,1H3,(H2,27,31)(H,32,33)/p-1. The Morgan fingerprint density at radius 3 is 2.57 bits per heavy atom. The summed E-state index contributed by atoms with van der Waals surface area (Å²) in [4.78, 5) is 14.8. The first-order chi connectivity index (χ1) is 17.6. The number of H-pyrrole nitrogens is 1. The molecule has 2 aromatic carbocycles. The van der Waals surface area contributed by atoms with Crippen molar-refractivity contribution < 1.29 is 22.0 Å². The van der Waals surface area contributed by atoms with Crippen LogP contribution in [0.25, 0.3) is 22.0 Å². The quantitative estimate of drug-likeness (QED) is 0.353. The number of fused-ring (bicyclic) bond motifs is 1. The van der Waals surface area contributed by atoms with Gasteiger partial charge in [-0.05, 0) is 90.1 Å². The van der Waals surface area contributed by atoms with Gasteiger partial charge in [0.15, 0.2) is 0 Å². The Balaban J connectivity index is 1.45. The molecule has 1 atom stereocenters. The Morgan fingerprint density at radius 1 is 1.22 bits per heavy atom. The fourth-order valence-electron chi connectivity index (χ4n) is 5.22. The molecule has 2 aliphatic rings. The summed E-state index contributed by atoms with van der Waals surface area (Å²) in [7, 11) is -3.21. The Morgan fingerprint density at radius 2 is 1.95 bits per heavy atom. The molecule has 4 N–H and O–H groups in total. The third-order valence-corrected chi connectivity index (χ3v) is 10.7. The van der Waals surface area contributed by atoms with E-state index in [1.165, 1.54) is 0 Å². The predicted molar refractivity (Wildman–Crippen MR) is 143 cm³/mol. The molecular weight excluding hydrogens is 512 g/mol. The van der Waals surface area contributed by atoms with E-state index in [1.807, 2.05) is 36.5 Å². The number of hydrogen-bond donors (Lipinski definition) is 3. The van der Waals surface area contributed by atoms with Crippen LogP contribution in [-0.4, -0.2) is 56.1 Å². The largest absolute Gasteiger partial charge is 0.771 e. The van der Waals surface area contributed by atoms with Gasteiger partial charge in [-0.15, -0.1) is 0 Å². The number of amides is 1. The van der Waals surface area contributed by atoms with Crippen molar-refractivity contribution in [2.75, 3.05) is 18.8 Å². The van der Waals surface area contributed by atoms with Gasteiger partial charge >= 0.3 is 0 Å². The number of aromatic amines is 1. The smallest absolute Gasteiger partial charge is 0.250 e. The maximum absolute atomic E-state index is 12.4. The second-order valence-corrected chi connectivity index (χ2v) is 13.4. The molecule has 1 saturated carbocycles. The van der Waals surface area contributed by atoms with E-state index < -0.39 is 31.9 Å². The van der Waals surface area contributed by atoms with Crippen LogP contribution in [0.1, 0.15) is 60.0 Å². The molecule has 0 bridgehead atoms. The van der Waals surface area contributed by atoms with Crippen molar-refractivity contribution in [3.8, 4) is 11.1 Å². The van der Waals surface area contributed by atoms with E-state index >= 15 is 0 Å². The van der Waals surface area contributed by atoms with E-state index in [0.29, 0.717) is 56.4 Å². The maximum Gasteiger partial charge on any atom is 0.250 e. The summed E-state index contributed by atoms with van der Waals surface area (Å²) >= 11 is -2.17. The van der Waals surface area contributed by atoms with E-state index in [4.69, 9.17) is 5.73 Å². The Bertz CT molecular complexity index is 1470. The number of carbonyl (C=O) groups excluding carboxylic acids is 1. The van der Waals surface area contributed by atoms with Crippen molar-refractivity contribution in [2.45, 2.75) is 49.9 Å². The van der Waals surface area contributed by atoms with Gasteiger partial charge in [-0.3, -0.25) is 14.3 Å². The topological polar surface area (TPSA) is 148 Å². The van der Waals surface area contributed by atoms with E-state index in [-0.39, 0.29) is 11.7 Å². The molecule has 9 nitrogen and oxygen atoms in total. The van der Waals surface area contributed by atoms with Gasteiger partial charge in [0.25, 0.3) is 5.91 Å². The van der Waals surface area contributed by atoms with Crippen LogP contribution in [0.4, 0.5) is 0 Å². The number of nitrogens with two attached hydrogens (primary N) is 1. The van der Waals surface area contributed by atoms with Crippen LogP contribution in [0.5, 0.6) is 0 Å². The number of primary amides is 1. The lowest BCUT2D eigenvalue weighted by Crippen LogP contribution is -2.38. The lowest BCUT2D eigenvalue weighted by molar-refractivity contribution is 0.100. The Kier molecular flexibility index (Phi) is 7.01. The molecule has 1 aliphatic carbocycles. The van der Waals surface area contributed by atoms with Crippen molar-refractivity contribution in [1.82, 2.24) is 14.6 Å². The Hall–Kier alpha value is -2.57. The van der Waals surface area contributed by atoms with Crippen molar-refractivity contribution >= 4 is 37.9 Å². The SMILES string of the molecule is CCS(=O)(=O)N1CCC(c2c[nH]c3c(C(N)=O)cc(-c4cccc(CNC5(S(=O)[O-])CC5)c4)cc23)CC1. The molecule has 5 rings (SSSR count). The maximum atomic E-state index is 12.4. The third kappa shape index (κ3) is 5.10. The average Bonchev–Trinajstić information content (AvgIpc) is 3.58. The minimum absolute atomic E-state index is 0.0976. The van der Waals surface area contributed by atoms with Crippen molar-refractivity contribution in [1.29, 1.82) is 0 Å². The fraction of sp³-hybridized carbons (Fsp3) is 0.423. The van der Waals surface area contributed by atoms with Gasteiger partial charge in [-0.25, -0.2) is 12.7 Å². The lowest BCUT2D eigenvalue weighted by atomic mass is 9.88. The number of aromatic nitrogens is 1. The Labute approximate surface area is 219 Å². The molecule has 37 heavy (non-hydrogen) atoms. The highest BCUT2D eigenvalue weighted by Crippen LogP contribution is 2.39. The highest BCUT2D eigenvalue weighted by Gasteiger charge is 2.43. The van der Waals surface area contributed by atoms with Crippen LogP contribution in [0.15, 0.2) is 42.6 Å². The van der Waals surface area contributed by atoms with Gasteiger partial charge in [0.1, 0.15) is 0 Å². The van der Waals surface area contributed by atoms with Gasteiger partial charge in [0.2, 0.25) is 10.0 Å². The van der Waals surface area contributed by atoms with E-state index in [1.54, 1.807) is 17.3 Å². The van der Waals surface area contributed by atoms with Crippen LogP contribution in [0.3, 0.4) is 0 Å². The van der Waals surface area contributed by atoms with Crippen LogP contribution < -0.4 is 11.1 Å². The molecule has 2 fully saturated rings. The zero-order valence-corrected chi connectivity index (χ0v) is 22.3. The second-order valence-electron chi connectivity index (χ2n) is 9.91. The summed E-state index contributed by atoms with van der Waals surface area (Å²) in [6.07, 6.45) is 4.54. The first-order valence-corrected chi connectivity index (χ1v) is 15.2. The molecule has 1 aliphatic heterocycles. The number of piperidine rings is 1. The lowest BCUT2D eigenvalue weighted by Gasteiger charge is -2.31. The fourth-order valence-corrected chi connectivity index (χ4v) is 6.98. The average molecular weight is 544 g/mol. The highest BCUT2D eigenvalue weighted by atomic mass is 32.2. The predicted octanol–water partition coefficient (Wildman–Crippen LogP) is 2.92. The first kappa shape index (κ1) is 26.1. The van der Waals surface area contributed by atoms with Crippen molar-refractivity contribution in [3.63, 3.8) is 0 Å². The summed E-state index contributed by atoms with van der Waals surface area (Å²) < 4.78 is 49.1. The third-order valence-electron chi connectivity index (χ3n) is 7.64. The van der Waals surface area contributed by atoms with Gasteiger partial charge in [-0.2, -0.15) is 0 Å². The molecule has 198 valence electrons. The minimum atomic E-state index is -3.21. The van der Waals surface area contributed by atoms with Gasteiger partial charge in [0, 0.05) is 31.2 Å². The molecule has 1 unspecified atom stereocenters. The van der Waals surface area contributed by atoms with Gasteiger partial charge < -0.3 is 15.3 Å². The second kappa shape index (κ2) is 9.95.